The van der Waals surface area contributed by atoms with E-state index in [4.69, 9.17) is 12.2 Å². The average molecular weight is 254 g/mol. The van der Waals surface area contributed by atoms with Gasteiger partial charge in [0.05, 0.1) is 0 Å². The number of hydrogen-bond donors (Lipinski definition) is 2. The van der Waals surface area contributed by atoms with Gasteiger partial charge in [0, 0.05) is 11.7 Å². The Bertz CT molecular complexity index is 381. The van der Waals surface area contributed by atoms with Crippen molar-refractivity contribution in [3.05, 3.63) is 30.1 Å². The maximum atomic E-state index is 12.7. The van der Waals surface area contributed by atoms with Gasteiger partial charge in [-0.3, -0.25) is 0 Å². The van der Waals surface area contributed by atoms with E-state index in [2.05, 4.69) is 38.3 Å². The summed E-state index contributed by atoms with van der Waals surface area (Å²) < 4.78 is 12.7. The molecule has 2 nitrogen and oxygen atoms in total. The first-order chi connectivity index (χ1) is 7.79. The Morgan fingerprint density at radius 2 is 1.76 bits per heavy atom. The van der Waals surface area contributed by atoms with Gasteiger partial charge in [0.15, 0.2) is 5.11 Å². The fraction of sp³-hybridized carbons (Fsp3) is 0.462. The quantitative estimate of drug-likeness (QED) is 0.789. The van der Waals surface area contributed by atoms with Crippen LogP contribution in [0.3, 0.4) is 0 Å². The van der Waals surface area contributed by atoms with E-state index < -0.39 is 0 Å². The number of halogens is 1. The van der Waals surface area contributed by atoms with Crippen molar-refractivity contribution in [2.75, 3.05) is 5.32 Å². The first-order valence-corrected chi connectivity index (χ1v) is 6.03. The lowest BCUT2D eigenvalue weighted by Gasteiger charge is -2.29. The van der Waals surface area contributed by atoms with Crippen LogP contribution in [0.1, 0.15) is 27.7 Å². The van der Waals surface area contributed by atoms with Crippen molar-refractivity contribution in [2.24, 2.45) is 5.41 Å². The second kappa shape index (κ2) is 5.45. The summed E-state index contributed by atoms with van der Waals surface area (Å²) in [5.74, 6) is -0.252. The fourth-order valence-corrected chi connectivity index (χ4v) is 1.41. The molecule has 0 aliphatic carbocycles. The Hall–Kier alpha value is -1.16. The standard InChI is InChI=1S/C13H19FN2S/c1-9(13(2,3)4)15-12(17)16-11-7-5-10(14)6-8-11/h5-9H,1-4H3,(H2,15,16,17). The molecule has 0 heterocycles. The SMILES string of the molecule is CC(NC(=S)Nc1ccc(F)cc1)C(C)(C)C. The summed E-state index contributed by atoms with van der Waals surface area (Å²) in [6.45, 7) is 8.51. The van der Waals surface area contributed by atoms with Gasteiger partial charge in [-0.05, 0) is 48.8 Å². The van der Waals surface area contributed by atoms with Gasteiger partial charge < -0.3 is 10.6 Å². The number of anilines is 1. The molecule has 0 saturated carbocycles. The van der Waals surface area contributed by atoms with E-state index in [1.54, 1.807) is 12.1 Å². The van der Waals surface area contributed by atoms with Crippen molar-refractivity contribution < 1.29 is 4.39 Å². The van der Waals surface area contributed by atoms with E-state index in [9.17, 15) is 4.39 Å². The molecule has 1 atom stereocenters. The normalized spacial score (nSPS) is 13.0. The zero-order chi connectivity index (χ0) is 13.1. The molecule has 4 heteroatoms. The van der Waals surface area contributed by atoms with Gasteiger partial charge in [-0.1, -0.05) is 20.8 Å². The molecule has 0 fully saturated rings. The van der Waals surface area contributed by atoms with Crippen LogP contribution < -0.4 is 10.6 Å². The van der Waals surface area contributed by atoms with Gasteiger partial charge in [-0.15, -0.1) is 0 Å². The van der Waals surface area contributed by atoms with Gasteiger partial charge in [0.1, 0.15) is 5.82 Å². The maximum absolute atomic E-state index is 12.7. The van der Waals surface area contributed by atoms with Gasteiger partial charge in [0.2, 0.25) is 0 Å². The summed E-state index contributed by atoms with van der Waals surface area (Å²) in [4.78, 5) is 0. The Balaban J connectivity index is 2.53. The molecule has 1 unspecified atom stereocenters. The van der Waals surface area contributed by atoms with Crippen molar-refractivity contribution in [3.8, 4) is 0 Å². The van der Waals surface area contributed by atoms with Gasteiger partial charge in [0.25, 0.3) is 0 Å². The molecule has 0 saturated heterocycles. The summed E-state index contributed by atoms with van der Waals surface area (Å²) in [6, 6.07) is 6.37. The van der Waals surface area contributed by atoms with E-state index in [-0.39, 0.29) is 17.3 Å². The highest BCUT2D eigenvalue weighted by Gasteiger charge is 2.20. The predicted octanol–water partition coefficient (Wildman–Crippen LogP) is 3.55. The zero-order valence-corrected chi connectivity index (χ0v) is 11.5. The molecule has 1 aromatic rings. The lowest BCUT2D eigenvalue weighted by atomic mass is 9.88. The largest absolute Gasteiger partial charge is 0.359 e. The van der Waals surface area contributed by atoms with Gasteiger partial charge >= 0.3 is 0 Å². The van der Waals surface area contributed by atoms with Crippen molar-refractivity contribution in [1.82, 2.24) is 5.32 Å². The van der Waals surface area contributed by atoms with Crippen molar-refractivity contribution in [1.29, 1.82) is 0 Å². The van der Waals surface area contributed by atoms with Crippen molar-refractivity contribution in [2.45, 2.75) is 33.7 Å². The second-order valence-corrected chi connectivity index (χ2v) is 5.60. The molecule has 0 radical (unpaired) electrons. The zero-order valence-electron chi connectivity index (χ0n) is 10.7. The third kappa shape index (κ3) is 4.69. The van der Waals surface area contributed by atoms with Crippen LogP contribution in [0, 0.1) is 11.2 Å². The minimum absolute atomic E-state index is 0.133. The van der Waals surface area contributed by atoms with Crippen LogP contribution in [0.5, 0.6) is 0 Å². The smallest absolute Gasteiger partial charge is 0.171 e. The fourth-order valence-electron chi connectivity index (χ4n) is 1.11. The second-order valence-electron chi connectivity index (χ2n) is 5.19. The molecule has 1 rings (SSSR count). The molecule has 0 spiro atoms. The first-order valence-electron chi connectivity index (χ1n) is 5.62. The van der Waals surface area contributed by atoms with Crippen LogP contribution in [0.15, 0.2) is 24.3 Å². The minimum Gasteiger partial charge on any atom is -0.359 e. The van der Waals surface area contributed by atoms with Gasteiger partial charge in [-0.2, -0.15) is 0 Å². The Morgan fingerprint density at radius 1 is 1.24 bits per heavy atom. The molecule has 17 heavy (non-hydrogen) atoms. The molecule has 94 valence electrons. The number of hydrogen-bond acceptors (Lipinski definition) is 1. The summed E-state index contributed by atoms with van der Waals surface area (Å²) in [7, 11) is 0. The molecular weight excluding hydrogens is 235 g/mol. The van der Waals surface area contributed by atoms with Crippen LogP contribution in [0.4, 0.5) is 10.1 Å². The van der Waals surface area contributed by atoms with Crippen molar-refractivity contribution >= 4 is 23.0 Å². The van der Waals surface area contributed by atoms with Crippen LogP contribution in [-0.2, 0) is 0 Å². The van der Waals surface area contributed by atoms with E-state index >= 15 is 0 Å². The highest BCUT2D eigenvalue weighted by Crippen LogP contribution is 2.18. The van der Waals surface area contributed by atoms with E-state index in [1.807, 2.05) is 0 Å². The lowest BCUT2D eigenvalue weighted by Crippen LogP contribution is -2.43. The molecule has 0 amide bonds. The highest BCUT2D eigenvalue weighted by atomic mass is 32.1. The lowest BCUT2D eigenvalue weighted by molar-refractivity contribution is 0.317. The first kappa shape index (κ1) is 13.9. The summed E-state index contributed by atoms with van der Waals surface area (Å²) in [5, 5.41) is 6.79. The summed E-state index contributed by atoms with van der Waals surface area (Å²) >= 11 is 5.20. The molecule has 0 aliphatic heterocycles. The maximum Gasteiger partial charge on any atom is 0.171 e. The van der Waals surface area contributed by atoms with E-state index in [0.717, 1.165) is 5.69 Å². The Kier molecular flexibility index (Phi) is 4.46. The van der Waals surface area contributed by atoms with Gasteiger partial charge in [-0.25, -0.2) is 4.39 Å². The third-order valence-electron chi connectivity index (χ3n) is 2.75. The Labute approximate surface area is 108 Å². The number of benzene rings is 1. The predicted molar refractivity (Wildman–Crippen MR) is 74.7 cm³/mol. The van der Waals surface area contributed by atoms with Crippen LogP contribution in [-0.4, -0.2) is 11.2 Å². The molecule has 0 bridgehead atoms. The summed E-state index contributed by atoms with van der Waals surface area (Å²) in [5.41, 5.74) is 0.916. The topological polar surface area (TPSA) is 24.1 Å². The molecule has 0 aliphatic rings. The van der Waals surface area contributed by atoms with E-state index in [0.29, 0.717) is 5.11 Å². The van der Waals surface area contributed by atoms with Crippen LogP contribution in [0.25, 0.3) is 0 Å². The number of rotatable bonds is 2. The molecular formula is C13H19FN2S. The molecule has 0 aromatic heterocycles. The molecule has 1 aromatic carbocycles. The minimum atomic E-state index is -0.252. The van der Waals surface area contributed by atoms with E-state index in [1.165, 1.54) is 12.1 Å². The monoisotopic (exact) mass is 254 g/mol. The third-order valence-corrected chi connectivity index (χ3v) is 2.97. The van der Waals surface area contributed by atoms with Crippen LogP contribution >= 0.6 is 12.2 Å². The number of nitrogens with one attached hydrogen (secondary N) is 2. The average Bonchev–Trinajstić information content (AvgIpc) is 2.20. The van der Waals surface area contributed by atoms with Crippen molar-refractivity contribution in [3.63, 3.8) is 0 Å². The molecule has 2 N–H and O–H groups in total. The van der Waals surface area contributed by atoms with Crippen LogP contribution in [0.2, 0.25) is 0 Å². The highest BCUT2D eigenvalue weighted by molar-refractivity contribution is 7.80. The summed E-state index contributed by atoms with van der Waals surface area (Å²) in [6.07, 6.45) is 0. The number of thiocarbonyl (C=S) groups is 1. The Morgan fingerprint density at radius 3 is 2.24 bits per heavy atom.